The van der Waals surface area contributed by atoms with E-state index in [1.165, 1.54) is 32.1 Å². The largest absolute Gasteiger partial charge is 0.382 e. The van der Waals surface area contributed by atoms with Crippen molar-refractivity contribution in [1.29, 1.82) is 0 Å². The van der Waals surface area contributed by atoms with Gasteiger partial charge in [0.05, 0.1) is 12.7 Å². The first-order valence-electron chi connectivity index (χ1n) is 6.62. The summed E-state index contributed by atoms with van der Waals surface area (Å²) in [7, 11) is 1.71. The molecule has 0 aliphatic carbocycles. The zero-order valence-corrected chi connectivity index (χ0v) is 11.3. The summed E-state index contributed by atoms with van der Waals surface area (Å²) in [6, 6.07) is 0. The Labute approximate surface area is 101 Å². The molecule has 1 atom stereocenters. The SMILES string of the molecule is CCCNCCCCCCOC(C)COC. The van der Waals surface area contributed by atoms with E-state index in [1.54, 1.807) is 7.11 Å². The highest BCUT2D eigenvalue weighted by Crippen LogP contribution is 2.01. The number of rotatable bonds is 12. The summed E-state index contributed by atoms with van der Waals surface area (Å²) in [4.78, 5) is 0. The molecule has 0 amide bonds. The van der Waals surface area contributed by atoms with Gasteiger partial charge in [0.1, 0.15) is 0 Å². The van der Waals surface area contributed by atoms with E-state index < -0.39 is 0 Å². The minimum atomic E-state index is 0.233. The molecule has 0 saturated heterocycles. The Morgan fingerprint density at radius 3 is 2.50 bits per heavy atom. The second-order valence-electron chi connectivity index (χ2n) is 4.30. The predicted molar refractivity (Wildman–Crippen MR) is 68.9 cm³/mol. The highest BCUT2D eigenvalue weighted by Gasteiger charge is 1.99. The molecule has 0 saturated carbocycles. The van der Waals surface area contributed by atoms with E-state index in [0.717, 1.165) is 19.7 Å². The van der Waals surface area contributed by atoms with Crippen molar-refractivity contribution in [2.45, 2.75) is 52.1 Å². The smallest absolute Gasteiger partial charge is 0.0780 e. The van der Waals surface area contributed by atoms with Crippen LogP contribution in [0.25, 0.3) is 0 Å². The van der Waals surface area contributed by atoms with Gasteiger partial charge in [0.25, 0.3) is 0 Å². The third-order valence-electron chi connectivity index (χ3n) is 2.48. The lowest BCUT2D eigenvalue weighted by molar-refractivity contribution is 0.00764. The third-order valence-corrected chi connectivity index (χ3v) is 2.48. The van der Waals surface area contributed by atoms with Crippen LogP contribution in [0.15, 0.2) is 0 Å². The molecule has 16 heavy (non-hydrogen) atoms. The van der Waals surface area contributed by atoms with Gasteiger partial charge < -0.3 is 14.8 Å². The summed E-state index contributed by atoms with van der Waals surface area (Å²) >= 11 is 0. The number of hydrogen-bond donors (Lipinski definition) is 1. The Hall–Kier alpha value is -0.120. The summed E-state index contributed by atoms with van der Waals surface area (Å²) in [5.74, 6) is 0. The topological polar surface area (TPSA) is 30.5 Å². The van der Waals surface area contributed by atoms with Crippen molar-refractivity contribution in [1.82, 2.24) is 5.32 Å². The van der Waals surface area contributed by atoms with Crippen molar-refractivity contribution < 1.29 is 9.47 Å². The van der Waals surface area contributed by atoms with Gasteiger partial charge in [-0.3, -0.25) is 0 Å². The molecule has 3 nitrogen and oxygen atoms in total. The second-order valence-corrected chi connectivity index (χ2v) is 4.30. The van der Waals surface area contributed by atoms with E-state index >= 15 is 0 Å². The highest BCUT2D eigenvalue weighted by molar-refractivity contribution is 4.50. The maximum atomic E-state index is 5.59. The van der Waals surface area contributed by atoms with Crippen molar-refractivity contribution in [3.05, 3.63) is 0 Å². The Morgan fingerprint density at radius 1 is 1.06 bits per heavy atom. The van der Waals surface area contributed by atoms with Gasteiger partial charge in [-0.2, -0.15) is 0 Å². The Kier molecular flexibility index (Phi) is 12.9. The van der Waals surface area contributed by atoms with E-state index in [9.17, 15) is 0 Å². The zero-order valence-electron chi connectivity index (χ0n) is 11.3. The molecular weight excluding hydrogens is 202 g/mol. The first-order valence-corrected chi connectivity index (χ1v) is 6.62. The predicted octanol–water partition coefficient (Wildman–Crippen LogP) is 2.60. The molecule has 1 unspecified atom stereocenters. The molecular formula is C13H29NO2. The fourth-order valence-electron chi connectivity index (χ4n) is 1.57. The van der Waals surface area contributed by atoms with Crippen molar-refractivity contribution in [3.8, 4) is 0 Å². The van der Waals surface area contributed by atoms with Gasteiger partial charge in [0.2, 0.25) is 0 Å². The molecule has 0 aromatic rings. The molecule has 0 fully saturated rings. The summed E-state index contributed by atoms with van der Waals surface area (Å²) in [5.41, 5.74) is 0. The molecule has 1 N–H and O–H groups in total. The number of unbranched alkanes of at least 4 members (excludes halogenated alkanes) is 3. The highest BCUT2D eigenvalue weighted by atomic mass is 16.5. The third kappa shape index (κ3) is 12.0. The number of nitrogens with one attached hydrogen (secondary N) is 1. The summed E-state index contributed by atoms with van der Waals surface area (Å²) in [5, 5.41) is 3.41. The molecule has 0 rings (SSSR count). The van der Waals surface area contributed by atoms with Gasteiger partial charge in [-0.1, -0.05) is 19.8 Å². The van der Waals surface area contributed by atoms with E-state index in [2.05, 4.69) is 19.2 Å². The fourth-order valence-corrected chi connectivity index (χ4v) is 1.57. The molecule has 0 bridgehead atoms. The van der Waals surface area contributed by atoms with Gasteiger partial charge in [-0.15, -0.1) is 0 Å². The van der Waals surface area contributed by atoms with Gasteiger partial charge in [-0.05, 0) is 39.3 Å². The minimum absolute atomic E-state index is 0.233. The standard InChI is InChI=1S/C13H29NO2/c1-4-9-14-10-7-5-6-8-11-16-13(2)12-15-3/h13-14H,4-12H2,1-3H3. The lowest BCUT2D eigenvalue weighted by Gasteiger charge is -2.11. The average molecular weight is 231 g/mol. The lowest BCUT2D eigenvalue weighted by atomic mass is 10.2. The lowest BCUT2D eigenvalue weighted by Crippen LogP contribution is -2.16. The first kappa shape index (κ1) is 15.9. The van der Waals surface area contributed by atoms with E-state index in [1.807, 2.05) is 0 Å². The van der Waals surface area contributed by atoms with Crippen LogP contribution in [0.1, 0.15) is 46.0 Å². The van der Waals surface area contributed by atoms with Crippen molar-refractivity contribution >= 4 is 0 Å². The van der Waals surface area contributed by atoms with Crippen LogP contribution in [0.3, 0.4) is 0 Å². The maximum absolute atomic E-state index is 5.59. The average Bonchev–Trinajstić information content (AvgIpc) is 2.27. The van der Waals surface area contributed by atoms with E-state index in [4.69, 9.17) is 9.47 Å². The maximum Gasteiger partial charge on any atom is 0.0780 e. The van der Waals surface area contributed by atoms with Crippen LogP contribution in [-0.4, -0.2) is 39.5 Å². The number of hydrogen-bond acceptors (Lipinski definition) is 3. The normalized spacial score (nSPS) is 12.9. The van der Waals surface area contributed by atoms with Crippen molar-refractivity contribution in [2.24, 2.45) is 0 Å². The van der Waals surface area contributed by atoms with Crippen molar-refractivity contribution in [3.63, 3.8) is 0 Å². The van der Waals surface area contributed by atoms with E-state index in [0.29, 0.717) is 6.61 Å². The van der Waals surface area contributed by atoms with Gasteiger partial charge in [-0.25, -0.2) is 0 Å². The van der Waals surface area contributed by atoms with Crippen molar-refractivity contribution in [2.75, 3.05) is 33.4 Å². The van der Waals surface area contributed by atoms with Gasteiger partial charge >= 0.3 is 0 Å². The molecule has 0 spiro atoms. The number of ether oxygens (including phenoxy) is 2. The Morgan fingerprint density at radius 2 is 1.81 bits per heavy atom. The first-order chi connectivity index (χ1) is 7.81. The molecule has 0 radical (unpaired) electrons. The quantitative estimate of drug-likeness (QED) is 0.524. The molecule has 0 heterocycles. The van der Waals surface area contributed by atoms with Crippen LogP contribution in [0.4, 0.5) is 0 Å². The Balaban J connectivity index is 2.98. The molecule has 3 heteroatoms. The molecule has 0 aromatic carbocycles. The van der Waals surface area contributed by atoms with Gasteiger partial charge in [0, 0.05) is 13.7 Å². The van der Waals surface area contributed by atoms with Gasteiger partial charge in [0.15, 0.2) is 0 Å². The summed E-state index contributed by atoms with van der Waals surface area (Å²) < 4.78 is 10.6. The molecule has 0 aromatic heterocycles. The number of methoxy groups -OCH3 is 1. The second kappa shape index (κ2) is 12.9. The van der Waals surface area contributed by atoms with Crippen LogP contribution in [0.2, 0.25) is 0 Å². The minimum Gasteiger partial charge on any atom is -0.382 e. The van der Waals surface area contributed by atoms with Crippen LogP contribution < -0.4 is 5.32 Å². The molecule has 98 valence electrons. The van der Waals surface area contributed by atoms with Crippen LogP contribution in [-0.2, 0) is 9.47 Å². The monoisotopic (exact) mass is 231 g/mol. The fraction of sp³-hybridized carbons (Fsp3) is 1.00. The molecule has 0 aliphatic heterocycles. The zero-order chi connectivity index (χ0) is 12.1. The summed E-state index contributed by atoms with van der Waals surface area (Å²) in [6.45, 7) is 8.13. The van der Waals surface area contributed by atoms with Crippen LogP contribution >= 0.6 is 0 Å². The summed E-state index contributed by atoms with van der Waals surface area (Å²) in [6.07, 6.45) is 6.49. The van der Waals surface area contributed by atoms with E-state index in [-0.39, 0.29) is 6.10 Å². The van der Waals surface area contributed by atoms with Crippen LogP contribution in [0.5, 0.6) is 0 Å². The molecule has 0 aliphatic rings. The van der Waals surface area contributed by atoms with Crippen LogP contribution in [0, 0.1) is 0 Å². The Bertz CT molecular complexity index is 131.